The standard InChI is InChI=1S/C15H23NO4/c1-3-5-6-9-20-12-8-7-11(14(16)15(17)18)10-13(12)19-4-2/h7-8,10,14H,3-6,9,16H2,1-2H3,(H,17,18)/t14-/m1/s1. The van der Waals surface area contributed by atoms with Gasteiger partial charge < -0.3 is 25.1 Å². The minimum absolute atomic E-state index is 0.488. The molecule has 0 saturated carbocycles. The Bertz CT molecular complexity index is 434. The van der Waals surface area contributed by atoms with Gasteiger partial charge in [-0.25, -0.2) is 0 Å². The van der Waals surface area contributed by atoms with Gasteiger partial charge in [-0.1, -0.05) is 19.8 Å². The Hall–Kier alpha value is -1.75. The average Bonchev–Trinajstić information content (AvgIpc) is 2.44. The Labute approximate surface area is 119 Å². The zero-order valence-corrected chi connectivity index (χ0v) is 12.2. The lowest BCUT2D eigenvalue weighted by molar-refractivity contribution is -0.443. The zero-order valence-electron chi connectivity index (χ0n) is 12.2. The van der Waals surface area contributed by atoms with E-state index in [2.05, 4.69) is 12.7 Å². The van der Waals surface area contributed by atoms with Gasteiger partial charge in [-0.3, -0.25) is 0 Å². The van der Waals surface area contributed by atoms with Gasteiger partial charge in [0.25, 0.3) is 0 Å². The minimum atomic E-state index is -1.20. The van der Waals surface area contributed by atoms with E-state index in [0.717, 1.165) is 19.3 Å². The number of carbonyl (C=O) groups is 1. The van der Waals surface area contributed by atoms with Crippen LogP contribution in [0.5, 0.6) is 11.5 Å². The first-order valence-electron chi connectivity index (χ1n) is 7.03. The molecule has 3 N–H and O–H groups in total. The summed E-state index contributed by atoms with van der Waals surface area (Å²) in [4.78, 5) is 10.9. The second-order valence-corrected chi connectivity index (χ2v) is 4.57. The van der Waals surface area contributed by atoms with Crippen LogP contribution in [-0.4, -0.2) is 19.2 Å². The Morgan fingerprint density at radius 2 is 2.00 bits per heavy atom. The normalized spacial score (nSPS) is 11.9. The first kappa shape index (κ1) is 16.3. The van der Waals surface area contributed by atoms with E-state index in [9.17, 15) is 9.90 Å². The van der Waals surface area contributed by atoms with Crippen LogP contribution in [0.1, 0.15) is 44.7 Å². The summed E-state index contributed by atoms with van der Waals surface area (Å²) in [6, 6.07) is 4.16. The highest BCUT2D eigenvalue weighted by atomic mass is 16.5. The van der Waals surface area contributed by atoms with Crippen molar-refractivity contribution in [2.45, 2.75) is 39.2 Å². The molecule has 5 heteroatoms. The van der Waals surface area contributed by atoms with E-state index < -0.39 is 12.0 Å². The molecule has 1 atom stereocenters. The Morgan fingerprint density at radius 1 is 1.25 bits per heavy atom. The van der Waals surface area contributed by atoms with Crippen LogP contribution in [0, 0.1) is 0 Å². The zero-order chi connectivity index (χ0) is 15.0. The lowest BCUT2D eigenvalue weighted by atomic mass is 10.1. The lowest BCUT2D eigenvalue weighted by Gasteiger charge is -2.15. The highest BCUT2D eigenvalue weighted by Gasteiger charge is 2.14. The Kier molecular flexibility index (Phi) is 6.87. The van der Waals surface area contributed by atoms with Crippen LogP contribution in [0.25, 0.3) is 0 Å². The van der Waals surface area contributed by atoms with Crippen LogP contribution in [0.4, 0.5) is 0 Å². The summed E-state index contributed by atoms with van der Waals surface area (Å²) in [5.41, 5.74) is 4.12. The van der Waals surface area contributed by atoms with Crippen molar-refractivity contribution in [1.82, 2.24) is 0 Å². The first-order valence-corrected chi connectivity index (χ1v) is 7.03. The minimum Gasteiger partial charge on any atom is -0.544 e. The highest BCUT2D eigenvalue weighted by molar-refractivity contribution is 5.72. The predicted molar refractivity (Wildman–Crippen MR) is 73.3 cm³/mol. The predicted octanol–water partition coefficient (Wildman–Crippen LogP) is 0.687. The summed E-state index contributed by atoms with van der Waals surface area (Å²) >= 11 is 0. The Morgan fingerprint density at radius 3 is 2.60 bits per heavy atom. The fourth-order valence-electron chi connectivity index (χ4n) is 1.80. The summed E-state index contributed by atoms with van der Waals surface area (Å²) in [5.74, 6) is -0.0160. The van der Waals surface area contributed by atoms with Gasteiger partial charge >= 0.3 is 0 Å². The van der Waals surface area contributed by atoms with E-state index >= 15 is 0 Å². The van der Waals surface area contributed by atoms with Crippen molar-refractivity contribution >= 4 is 5.97 Å². The van der Waals surface area contributed by atoms with Crippen LogP contribution in [0.2, 0.25) is 0 Å². The molecule has 0 aliphatic rings. The van der Waals surface area contributed by atoms with Crippen LogP contribution in [0.15, 0.2) is 18.2 Å². The maximum Gasteiger partial charge on any atom is 0.161 e. The third kappa shape index (κ3) is 4.74. The van der Waals surface area contributed by atoms with Gasteiger partial charge in [0.15, 0.2) is 17.5 Å². The number of benzene rings is 1. The van der Waals surface area contributed by atoms with Crippen molar-refractivity contribution in [2.75, 3.05) is 13.2 Å². The quantitative estimate of drug-likeness (QED) is 0.675. The summed E-state index contributed by atoms with van der Waals surface area (Å²) in [6.45, 7) is 5.12. The van der Waals surface area contributed by atoms with Gasteiger partial charge in [-0.2, -0.15) is 0 Å². The van der Waals surface area contributed by atoms with Crippen molar-refractivity contribution < 1.29 is 25.1 Å². The molecule has 0 unspecified atom stereocenters. The summed E-state index contributed by atoms with van der Waals surface area (Å²) in [7, 11) is 0. The monoisotopic (exact) mass is 281 g/mol. The second-order valence-electron chi connectivity index (χ2n) is 4.57. The molecule has 0 amide bonds. The molecule has 0 aromatic heterocycles. The fraction of sp³-hybridized carbons (Fsp3) is 0.533. The van der Waals surface area contributed by atoms with E-state index in [0.29, 0.717) is 30.3 Å². The van der Waals surface area contributed by atoms with E-state index in [-0.39, 0.29) is 0 Å². The summed E-state index contributed by atoms with van der Waals surface area (Å²) in [5, 5.41) is 10.9. The largest absolute Gasteiger partial charge is 0.544 e. The Balaban J connectivity index is 2.81. The van der Waals surface area contributed by atoms with Crippen LogP contribution in [0.3, 0.4) is 0 Å². The number of aliphatic carboxylic acids is 1. The smallest absolute Gasteiger partial charge is 0.161 e. The second kappa shape index (κ2) is 8.43. The molecule has 20 heavy (non-hydrogen) atoms. The van der Waals surface area contributed by atoms with Crippen molar-refractivity contribution in [2.24, 2.45) is 0 Å². The van der Waals surface area contributed by atoms with E-state index in [1.54, 1.807) is 18.2 Å². The number of unbranched alkanes of at least 4 members (excludes halogenated alkanes) is 2. The van der Waals surface area contributed by atoms with E-state index in [1.807, 2.05) is 6.92 Å². The molecule has 1 aromatic rings. The van der Waals surface area contributed by atoms with Gasteiger partial charge in [0, 0.05) is 5.56 Å². The van der Waals surface area contributed by atoms with Crippen LogP contribution in [-0.2, 0) is 4.79 Å². The number of ether oxygens (including phenoxy) is 2. The third-order valence-corrected chi connectivity index (χ3v) is 2.96. The fourth-order valence-corrected chi connectivity index (χ4v) is 1.80. The van der Waals surface area contributed by atoms with Gasteiger partial charge in [0.05, 0.1) is 13.2 Å². The highest BCUT2D eigenvalue weighted by Crippen LogP contribution is 2.30. The van der Waals surface area contributed by atoms with Gasteiger partial charge in [-0.05, 0) is 31.5 Å². The molecular weight excluding hydrogens is 258 g/mol. The molecule has 0 radical (unpaired) electrons. The van der Waals surface area contributed by atoms with Crippen molar-refractivity contribution in [3.63, 3.8) is 0 Å². The molecule has 0 aliphatic heterocycles. The van der Waals surface area contributed by atoms with Crippen molar-refractivity contribution in [3.05, 3.63) is 23.8 Å². The molecule has 1 rings (SSSR count). The van der Waals surface area contributed by atoms with E-state index in [1.165, 1.54) is 0 Å². The molecular formula is C15H23NO4. The van der Waals surface area contributed by atoms with Gasteiger partial charge in [0.1, 0.15) is 5.97 Å². The molecule has 1 aromatic carbocycles. The number of hydrogen-bond acceptors (Lipinski definition) is 4. The average molecular weight is 281 g/mol. The van der Waals surface area contributed by atoms with Crippen LogP contribution < -0.4 is 20.3 Å². The molecule has 0 aliphatic carbocycles. The molecule has 0 saturated heterocycles. The number of hydrogen-bond donors (Lipinski definition) is 1. The molecule has 112 valence electrons. The molecule has 0 bridgehead atoms. The number of rotatable bonds is 9. The van der Waals surface area contributed by atoms with Crippen molar-refractivity contribution in [1.29, 1.82) is 0 Å². The SMILES string of the molecule is CCCCCOc1ccc([C@@H]([NH3+])C(=O)[O-])cc1OCC. The molecule has 0 fully saturated rings. The number of quaternary nitrogens is 1. The third-order valence-electron chi connectivity index (χ3n) is 2.96. The van der Waals surface area contributed by atoms with Crippen molar-refractivity contribution in [3.8, 4) is 11.5 Å². The van der Waals surface area contributed by atoms with Crippen LogP contribution >= 0.6 is 0 Å². The number of carbonyl (C=O) groups excluding carboxylic acids is 1. The number of carboxylic acids is 1. The number of carboxylic acid groups (broad SMARTS) is 1. The summed E-state index contributed by atoms with van der Waals surface area (Å²) in [6.07, 6.45) is 3.24. The molecule has 0 spiro atoms. The maximum atomic E-state index is 10.9. The summed E-state index contributed by atoms with van der Waals surface area (Å²) < 4.78 is 11.2. The molecule has 0 heterocycles. The molecule has 5 nitrogen and oxygen atoms in total. The van der Waals surface area contributed by atoms with E-state index in [4.69, 9.17) is 9.47 Å². The maximum absolute atomic E-state index is 10.9. The van der Waals surface area contributed by atoms with Gasteiger partial charge in [0.2, 0.25) is 0 Å². The topological polar surface area (TPSA) is 86.2 Å². The van der Waals surface area contributed by atoms with Gasteiger partial charge in [-0.15, -0.1) is 0 Å². The lowest BCUT2D eigenvalue weighted by Crippen LogP contribution is -2.61. The first-order chi connectivity index (χ1) is 9.60.